The molecule has 5 rings (SSSR count). The fourth-order valence-electron chi connectivity index (χ4n) is 4.59. The summed E-state index contributed by atoms with van der Waals surface area (Å²) in [5, 5.41) is 15.4. The molecule has 0 unspecified atom stereocenters. The molecule has 2 aromatic heterocycles. The molecule has 0 saturated carbocycles. The Morgan fingerprint density at radius 2 is 1.95 bits per heavy atom. The number of carbonyl (C=O) groups excluding carboxylic acids is 1. The van der Waals surface area contributed by atoms with Gasteiger partial charge in [0.2, 0.25) is 11.9 Å². The lowest BCUT2D eigenvalue weighted by Gasteiger charge is -2.36. The number of hydrogen-bond acceptors (Lipinski definition) is 10. The van der Waals surface area contributed by atoms with Gasteiger partial charge in [0.15, 0.2) is 5.65 Å². The number of benzene rings is 2. The van der Waals surface area contributed by atoms with Gasteiger partial charge in [0.05, 0.1) is 25.1 Å². The van der Waals surface area contributed by atoms with E-state index in [0.29, 0.717) is 35.0 Å². The number of β-amino-alcohol motifs (C(OH)–C–C–N with tert-alkyl or cyclic N) is 1. The van der Waals surface area contributed by atoms with Crippen molar-refractivity contribution in [2.24, 2.45) is 0 Å². The van der Waals surface area contributed by atoms with Gasteiger partial charge in [-0.05, 0) is 36.4 Å². The van der Waals surface area contributed by atoms with Gasteiger partial charge in [0.1, 0.15) is 17.5 Å². The number of amides is 1. The summed E-state index contributed by atoms with van der Waals surface area (Å²) in [6.45, 7) is 7.80. The lowest BCUT2D eigenvalue weighted by atomic mass is 10.2. The molecule has 0 spiro atoms. The molecule has 12 nitrogen and oxygen atoms in total. The van der Waals surface area contributed by atoms with Crippen LogP contribution in [0.15, 0.2) is 72.4 Å². The first-order chi connectivity index (χ1) is 19.5. The van der Waals surface area contributed by atoms with Crippen LogP contribution in [0.5, 0.6) is 5.75 Å². The molecule has 2 aromatic carbocycles. The normalized spacial score (nSPS) is 13.7. The van der Waals surface area contributed by atoms with Crippen LogP contribution in [0.4, 0.5) is 23.0 Å². The summed E-state index contributed by atoms with van der Waals surface area (Å²) in [5.74, 6) is 0.557. The van der Waals surface area contributed by atoms with Gasteiger partial charge in [-0.1, -0.05) is 12.6 Å². The number of nitrogens with zero attached hydrogens (tertiary/aromatic N) is 6. The number of hydrogen-bond donors (Lipinski definition) is 3. The number of anilines is 4. The van der Waals surface area contributed by atoms with E-state index in [0.717, 1.165) is 31.9 Å². The van der Waals surface area contributed by atoms with Crippen LogP contribution in [0.3, 0.4) is 0 Å². The van der Waals surface area contributed by atoms with Crippen molar-refractivity contribution < 1.29 is 14.6 Å². The minimum atomic E-state index is -0.449. The first kappa shape index (κ1) is 26.8. The number of aliphatic hydroxyl groups excluding tert-OH is 1. The monoisotopic (exact) mass is 542 g/mol. The van der Waals surface area contributed by atoms with Gasteiger partial charge >= 0.3 is 0 Å². The fraction of sp³-hybridized carbons (Fsp3) is 0.250. The molecule has 40 heavy (non-hydrogen) atoms. The van der Waals surface area contributed by atoms with Crippen LogP contribution in [-0.4, -0.2) is 81.9 Å². The van der Waals surface area contributed by atoms with E-state index >= 15 is 0 Å². The van der Waals surface area contributed by atoms with E-state index in [1.165, 1.54) is 18.6 Å². The van der Waals surface area contributed by atoms with E-state index in [2.05, 4.69) is 42.0 Å². The standard InChI is InChI=1S/C28H30N8O4/c1-3-25(38)31-19-5-4-6-21(15-19)36-18-30-27(39)22-17-29-28(33-26(22)36)32-23-8-7-20(16-24(23)40-2)35-11-9-34(10-12-35)13-14-37/h3-8,15-18,37H,1,9-14H2,2H3,(H,31,38)(H,29,32,33). The summed E-state index contributed by atoms with van der Waals surface area (Å²) in [6, 6.07) is 13.0. The Kier molecular flexibility index (Phi) is 7.99. The van der Waals surface area contributed by atoms with Crippen molar-refractivity contribution in [1.82, 2.24) is 24.4 Å². The van der Waals surface area contributed by atoms with Crippen molar-refractivity contribution in [3.63, 3.8) is 0 Å². The second kappa shape index (κ2) is 11.9. The van der Waals surface area contributed by atoms with Crippen LogP contribution < -0.4 is 25.8 Å². The zero-order valence-corrected chi connectivity index (χ0v) is 22.1. The van der Waals surface area contributed by atoms with Crippen LogP contribution in [0.2, 0.25) is 0 Å². The molecule has 206 valence electrons. The average Bonchev–Trinajstić information content (AvgIpc) is 2.98. The maximum absolute atomic E-state index is 12.5. The van der Waals surface area contributed by atoms with E-state index in [-0.39, 0.29) is 23.8 Å². The molecule has 1 fully saturated rings. The van der Waals surface area contributed by atoms with Crippen LogP contribution >= 0.6 is 0 Å². The Balaban J connectivity index is 1.43. The number of piperazine rings is 1. The van der Waals surface area contributed by atoms with Gasteiger partial charge < -0.3 is 25.4 Å². The van der Waals surface area contributed by atoms with Crippen molar-refractivity contribution in [3.05, 3.63) is 78.0 Å². The molecular weight excluding hydrogens is 512 g/mol. The number of rotatable bonds is 9. The van der Waals surface area contributed by atoms with E-state index in [4.69, 9.17) is 4.74 Å². The molecule has 12 heteroatoms. The maximum atomic E-state index is 12.5. The van der Waals surface area contributed by atoms with E-state index in [9.17, 15) is 14.7 Å². The minimum Gasteiger partial charge on any atom is -0.494 e. The summed E-state index contributed by atoms with van der Waals surface area (Å²) < 4.78 is 7.32. The molecule has 1 saturated heterocycles. The second-order valence-corrected chi connectivity index (χ2v) is 9.16. The number of carbonyl (C=O) groups is 1. The van der Waals surface area contributed by atoms with E-state index in [1.807, 2.05) is 24.3 Å². The Labute approximate surface area is 230 Å². The highest BCUT2D eigenvalue weighted by atomic mass is 16.5. The highest BCUT2D eigenvalue weighted by molar-refractivity contribution is 5.99. The summed E-state index contributed by atoms with van der Waals surface area (Å²) in [5.41, 5.74) is 2.80. The summed E-state index contributed by atoms with van der Waals surface area (Å²) >= 11 is 0. The molecule has 0 aliphatic carbocycles. The molecule has 0 atom stereocenters. The Morgan fingerprint density at radius 1 is 1.12 bits per heavy atom. The van der Waals surface area contributed by atoms with Gasteiger partial charge in [-0.25, -0.2) is 4.98 Å². The summed E-state index contributed by atoms with van der Waals surface area (Å²) in [6.07, 6.45) is 4.02. The van der Waals surface area contributed by atoms with Crippen molar-refractivity contribution in [1.29, 1.82) is 0 Å². The molecule has 3 heterocycles. The highest BCUT2D eigenvalue weighted by Gasteiger charge is 2.18. The second-order valence-electron chi connectivity index (χ2n) is 9.16. The molecule has 0 bridgehead atoms. The number of nitrogens with one attached hydrogen (secondary N) is 2. The molecule has 1 aliphatic heterocycles. The largest absolute Gasteiger partial charge is 0.494 e. The van der Waals surface area contributed by atoms with Crippen molar-refractivity contribution in [2.75, 3.05) is 62.0 Å². The smallest absolute Gasteiger partial charge is 0.283 e. The molecule has 4 aromatic rings. The minimum absolute atomic E-state index is 0.165. The number of aliphatic hydroxyl groups is 1. The summed E-state index contributed by atoms with van der Waals surface area (Å²) in [4.78, 5) is 41.7. The Hall–Kier alpha value is -4.81. The quantitative estimate of drug-likeness (QED) is 0.270. The molecule has 0 radical (unpaired) electrons. The molecule has 3 N–H and O–H groups in total. The van der Waals surface area contributed by atoms with Gasteiger partial charge in [0, 0.05) is 56.4 Å². The first-order valence-electron chi connectivity index (χ1n) is 12.8. The third-order valence-electron chi connectivity index (χ3n) is 6.68. The zero-order valence-electron chi connectivity index (χ0n) is 22.1. The van der Waals surface area contributed by atoms with E-state index in [1.54, 1.807) is 29.9 Å². The predicted molar refractivity (Wildman–Crippen MR) is 154 cm³/mol. The fourth-order valence-corrected chi connectivity index (χ4v) is 4.59. The molecular formula is C28H30N8O4. The molecule has 1 amide bonds. The van der Waals surface area contributed by atoms with Crippen LogP contribution in [0.1, 0.15) is 0 Å². The van der Waals surface area contributed by atoms with Crippen molar-refractivity contribution >= 4 is 40.0 Å². The van der Waals surface area contributed by atoms with Gasteiger partial charge in [-0.15, -0.1) is 0 Å². The number of ether oxygens (including phenoxy) is 1. The van der Waals surface area contributed by atoms with Gasteiger partial charge in [0.25, 0.3) is 5.56 Å². The Morgan fingerprint density at radius 3 is 2.70 bits per heavy atom. The molecule has 1 aliphatic rings. The topological polar surface area (TPSA) is 138 Å². The zero-order chi connectivity index (χ0) is 28.1. The van der Waals surface area contributed by atoms with Crippen LogP contribution in [0.25, 0.3) is 16.7 Å². The number of fused-ring (bicyclic) bond motifs is 1. The van der Waals surface area contributed by atoms with Gasteiger partial charge in [-0.3, -0.25) is 19.1 Å². The Bertz CT molecular complexity index is 1600. The van der Waals surface area contributed by atoms with E-state index < -0.39 is 5.56 Å². The SMILES string of the molecule is C=CC(=O)Nc1cccc(-n2cnc(=O)c3cnc(Nc4ccc(N5CCN(CCO)CC5)cc4OC)nc32)c1. The third-order valence-corrected chi connectivity index (χ3v) is 6.68. The van der Waals surface area contributed by atoms with Crippen molar-refractivity contribution in [3.8, 4) is 11.4 Å². The first-order valence-corrected chi connectivity index (χ1v) is 12.8. The lowest BCUT2D eigenvalue weighted by molar-refractivity contribution is -0.111. The number of aromatic nitrogens is 4. The highest BCUT2D eigenvalue weighted by Crippen LogP contribution is 2.32. The van der Waals surface area contributed by atoms with Crippen LogP contribution in [0, 0.1) is 0 Å². The summed E-state index contributed by atoms with van der Waals surface area (Å²) in [7, 11) is 1.60. The predicted octanol–water partition coefficient (Wildman–Crippen LogP) is 2.17. The van der Waals surface area contributed by atoms with Crippen molar-refractivity contribution in [2.45, 2.75) is 0 Å². The van der Waals surface area contributed by atoms with Gasteiger partial charge in [-0.2, -0.15) is 9.97 Å². The third kappa shape index (κ3) is 5.77. The van der Waals surface area contributed by atoms with Crippen LogP contribution in [-0.2, 0) is 4.79 Å². The lowest BCUT2D eigenvalue weighted by Crippen LogP contribution is -2.47. The average molecular weight is 543 g/mol. The number of methoxy groups -OCH3 is 1. The maximum Gasteiger partial charge on any atom is 0.283 e.